The molecule has 0 atom stereocenters. The number of nitrogens with one attached hydrogen (secondary N) is 1. The molecule has 1 aromatic rings. The summed E-state index contributed by atoms with van der Waals surface area (Å²) in [5.41, 5.74) is 1.86. The molecule has 0 aliphatic heterocycles. The highest BCUT2D eigenvalue weighted by atomic mass is 16.1. The SMILES string of the molecule is N#CCCCCCCCCCCCCCCCC/C=C\CCCCCc1ccc(C=O)[nH]1. The zero-order chi connectivity index (χ0) is 23.0. The number of unbranched alkanes of at least 4 members (excludes halogenated alkanes) is 18. The lowest BCUT2D eigenvalue weighted by Crippen LogP contribution is -1.87. The zero-order valence-electron chi connectivity index (χ0n) is 20.6. The van der Waals surface area contributed by atoms with E-state index in [1.807, 2.05) is 12.1 Å². The second-order valence-corrected chi connectivity index (χ2v) is 9.27. The quantitative estimate of drug-likeness (QED) is 0.105. The maximum Gasteiger partial charge on any atom is 0.166 e. The van der Waals surface area contributed by atoms with Crippen LogP contribution in [0.2, 0.25) is 0 Å². The first kappa shape index (κ1) is 28.2. The standard InChI is InChI=1S/C29H48N2O/c30-26-22-20-18-16-14-12-10-8-6-4-2-1-3-5-7-9-11-13-15-17-19-21-23-28-24-25-29(27-32)31-28/h11,13,24-25,27,31H,1-10,12,14-23H2/b13-11-. The molecule has 3 heteroatoms. The second-order valence-electron chi connectivity index (χ2n) is 9.27. The van der Waals surface area contributed by atoms with Gasteiger partial charge in [-0.1, -0.05) is 95.6 Å². The molecule has 0 aliphatic rings. The molecule has 0 unspecified atom stereocenters. The van der Waals surface area contributed by atoms with Crippen molar-refractivity contribution in [2.75, 3.05) is 0 Å². The molecule has 0 radical (unpaired) electrons. The highest BCUT2D eigenvalue weighted by molar-refractivity contribution is 5.71. The smallest absolute Gasteiger partial charge is 0.166 e. The molecule has 3 nitrogen and oxygen atoms in total. The molecule has 0 amide bonds. The van der Waals surface area contributed by atoms with E-state index in [-0.39, 0.29) is 0 Å². The van der Waals surface area contributed by atoms with E-state index in [9.17, 15) is 4.79 Å². The van der Waals surface area contributed by atoms with Gasteiger partial charge >= 0.3 is 0 Å². The number of carbonyl (C=O) groups excluding carboxylic acids is 1. The lowest BCUT2D eigenvalue weighted by atomic mass is 10.0. The Balaban J connectivity index is 1.72. The topological polar surface area (TPSA) is 56.6 Å². The summed E-state index contributed by atoms with van der Waals surface area (Å²) in [6, 6.07) is 6.11. The highest BCUT2D eigenvalue weighted by Crippen LogP contribution is 2.14. The molecule has 0 saturated heterocycles. The van der Waals surface area contributed by atoms with Crippen LogP contribution in [-0.4, -0.2) is 11.3 Å². The van der Waals surface area contributed by atoms with Gasteiger partial charge in [0.25, 0.3) is 0 Å². The van der Waals surface area contributed by atoms with E-state index in [1.54, 1.807) is 0 Å². The number of aromatic amines is 1. The van der Waals surface area contributed by atoms with Gasteiger partial charge in [-0.05, 0) is 57.1 Å². The van der Waals surface area contributed by atoms with Crippen molar-refractivity contribution in [1.29, 1.82) is 5.26 Å². The Morgan fingerprint density at radius 3 is 1.59 bits per heavy atom. The number of hydrogen-bond acceptors (Lipinski definition) is 2. The van der Waals surface area contributed by atoms with Gasteiger partial charge in [0, 0.05) is 12.1 Å². The van der Waals surface area contributed by atoms with E-state index in [1.165, 1.54) is 121 Å². The minimum atomic E-state index is 0.685. The van der Waals surface area contributed by atoms with Gasteiger partial charge in [-0.15, -0.1) is 0 Å². The number of nitrogens with zero attached hydrogens (tertiary/aromatic N) is 1. The fourth-order valence-electron chi connectivity index (χ4n) is 4.25. The number of aldehydes is 1. The summed E-state index contributed by atoms with van der Waals surface area (Å²) in [6.07, 6.45) is 32.6. The second kappa shape index (κ2) is 22.4. The molecule has 0 aliphatic carbocycles. The van der Waals surface area contributed by atoms with Gasteiger partial charge < -0.3 is 4.98 Å². The molecule has 1 aromatic heterocycles. The van der Waals surface area contributed by atoms with E-state index in [0.717, 1.165) is 25.5 Å². The monoisotopic (exact) mass is 440 g/mol. The lowest BCUT2D eigenvalue weighted by molar-refractivity contribution is 0.111. The normalized spacial score (nSPS) is 11.2. The van der Waals surface area contributed by atoms with Crippen molar-refractivity contribution in [2.45, 2.75) is 135 Å². The van der Waals surface area contributed by atoms with E-state index in [2.05, 4.69) is 23.2 Å². The largest absolute Gasteiger partial charge is 0.356 e. The molecule has 1 heterocycles. The zero-order valence-corrected chi connectivity index (χ0v) is 20.6. The Kier molecular flexibility index (Phi) is 19.7. The Labute approximate surface area is 198 Å². The van der Waals surface area contributed by atoms with E-state index in [0.29, 0.717) is 5.69 Å². The van der Waals surface area contributed by atoms with Crippen molar-refractivity contribution in [3.63, 3.8) is 0 Å². The molecular weight excluding hydrogens is 392 g/mol. The van der Waals surface area contributed by atoms with E-state index in [4.69, 9.17) is 5.26 Å². The van der Waals surface area contributed by atoms with Crippen molar-refractivity contribution in [1.82, 2.24) is 4.98 Å². The summed E-state index contributed by atoms with van der Waals surface area (Å²) >= 11 is 0. The van der Waals surface area contributed by atoms with Crippen LogP contribution in [0.4, 0.5) is 0 Å². The Bertz CT molecular complexity index is 611. The fraction of sp³-hybridized carbons (Fsp3) is 0.724. The maximum atomic E-state index is 10.7. The van der Waals surface area contributed by atoms with Gasteiger partial charge in [-0.2, -0.15) is 5.26 Å². The van der Waals surface area contributed by atoms with Crippen molar-refractivity contribution in [3.8, 4) is 6.07 Å². The number of aromatic nitrogens is 1. The lowest BCUT2D eigenvalue weighted by Gasteiger charge is -2.03. The summed E-state index contributed by atoms with van der Waals surface area (Å²) in [7, 11) is 0. The van der Waals surface area contributed by atoms with Crippen LogP contribution in [0.5, 0.6) is 0 Å². The minimum absolute atomic E-state index is 0.685. The third-order valence-corrected chi connectivity index (χ3v) is 6.29. The maximum absolute atomic E-state index is 10.7. The van der Waals surface area contributed by atoms with Crippen LogP contribution in [0.1, 0.15) is 145 Å². The van der Waals surface area contributed by atoms with Crippen molar-refractivity contribution < 1.29 is 4.79 Å². The summed E-state index contributed by atoms with van der Waals surface area (Å²) in [4.78, 5) is 13.8. The first-order valence-corrected chi connectivity index (χ1v) is 13.5. The number of nitriles is 1. The molecule has 0 bridgehead atoms. The molecule has 180 valence electrons. The highest BCUT2D eigenvalue weighted by Gasteiger charge is 1.97. The van der Waals surface area contributed by atoms with Crippen molar-refractivity contribution in [3.05, 3.63) is 35.7 Å². The van der Waals surface area contributed by atoms with Crippen molar-refractivity contribution >= 4 is 6.29 Å². The predicted molar refractivity (Wildman–Crippen MR) is 137 cm³/mol. The van der Waals surface area contributed by atoms with Gasteiger partial charge in [0.05, 0.1) is 11.8 Å². The van der Waals surface area contributed by atoms with Crippen LogP contribution in [0, 0.1) is 11.3 Å². The summed E-state index contributed by atoms with van der Waals surface area (Å²) in [6.45, 7) is 0. The van der Waals surface area contributed by atoms with Crippen LogP contribution in [0.3, 0.4) is 0 Å². The average molecular weight is 441 g/mol. The summed E-state index contributed by atoms with van der Waals surface area (Å²) in [5, 5.41) is 8.50. The fourth-order valence-corrected chi connectivity index (χ4v) is 4.25. The van der Waals surface area contributed by atoms with Crippen LogP contribution in [0.15, 0.2) is 24.3 Å². The first-order valence-electron chi connectivity index (χ1n) is 13.5. The third kappa shape index (κ3) is 17.8. The molecule has 0 saturated carbocycles. The Morgan fingerprint density at radius 1 is 0.656 bits per heavy atom. The first-order chi connectivity index (χ1) is 15.9. The molecule has 0 aromatic carbocycles. The van der Waals surface area contributed by atoms with Gasteiger partial charge in [-0.25, -0.2) is 0 Å². The Morgan fingerprint density at radius 2 is 1.12 bits per heavy atom. The number of allylic oxidation sites excluding steroid dienone is 2. The number of rotatable bonds is 23. The predicted octanol–water partition coefficient (Wildman–Crippen LogP) is 9.25. The molecule has 1 N–H and O–H groups in total. The van der Waals surface area contributed by atoms with Crippen molar-refractivity contribution in [2.24, 2.45) is 0 Å². The minimum Gasteiger partial charge on any atom is -0.356 e. The number of H-pyrrole nitrogens is 1. The average Bonchev–Trinajstić information content (AvgIpc) is 3.27. The Hall–Kier alpha value is -1.82. The van der Waals surface area contributed by atoms with Gasteiger partial charge in [0.2, 0.25) is 0 Å². The number of carbonyl (C=O) groups is 1. The van der Waals surface area contributed by atoms with Gasteiger partial charge in [-0.3, -0.25) is 4.79 Å². The number of hydrogen-bond donors (Lipinski definition) is 1. The van der Waals surface area contributed by atoms with Crippen LogP contribution < -0.4 is 0 Å². The van der Waals surface area contributed by atoms with E-state index < -0.39 is 0 Å². The molecule has 32 heavy (non-hydrogen) atoms. The van der Waals surface area contributed by atoms with Crippen LogP contribution >= 0.6 is 0 Å². The van der Waals surface area contributed by atoms with Crippen LogP contribution in [-0.2, 0) is 6.42 Å². The summed E-state index contributed by atoms with van der Waals surface area (Å²) in [5.74, 6) is 0. The van der Waals surface area contributed by atoms with Gasteiger partial charge in [0.1, 0.15) is 0 Å². The molecular formula is C29H48N2O. The third-order valence-electron chi connectivity index (χ3n) is 6.29. The summed E-state index contributed by atoms with van der Waals surface area (Å²) < 4.78 is 0. The molecule has 0 fully saturated rings. The molecule has 0 spiro atoms. The van der Waals surface area contributed by atoms with E-state index >= 15 is 0 Å². The van der Waals surface area contributed by atoms with Crippen LogP contribution in [0.25, 0.3) is 0 Å². The molecule has 1 rings (SSSR count). The van der Waals surface area contributed by atoms with Gasteiger partial charge in [0.15, 0.2) is 6.29 Å². The number of aryl methyl sites for hydroxylation is 1.